The molecule has 1 aromatic rings. The van der Waals surface area contributed by atoms with Crippen molar-refractivity contribution in [2.45, 2.75) is 38.3 Å². The lowest BCUT2D eigenvalue weighted by atomic mass is 9.89. The molecular formula is C17H23FN2O3. The smallest absolute Gasteiger partial charge is 0.217 e. The number of benzene rings is 1. The van der Waals surface area contributed by atoms with Gasteiger partial charge in [-0.05, 0) is 31.9 Å². The van der Waals surface area contributed by atoms with Crippen LogP contribution in [0.1, 0.15) is 26.7 Å². The van der Waals surface area contributed by atoms with Crippen LogP contribution in [0.3, 0.4) is 0 Å². The van der Waals surface area contributed by atoms with Crippen LogP contribution in [0.4, 0.5) is 4.39 Å². The van der Waals surface area contributed by atoms with Gasteiger partial charge in [0.25, 0.3) is 0 Å². The Hall–Kier alpha value is -1.82. The molecule has 6 heteroatoms. The predicted molar refractivity (Wildman–Crippen MR) is 84.2 cm³/mol. The van der Waals surface area contributed by atoms with Gasteiger partial charge in [0.2, 0.25) is 5.91 Å². The Balaban J connectivity index is 1.53. The summed E-state index contributed by atoms with van der Waals surface area (Å²) in [4.78, 5) is 13.6. The maximum atomic E-state index is 13.3. The maximum absolute atomic E-state index is 13.3. The molecule has 1 aromatic carbocycles. The normalized spacial score (nSPS) is 23.3. The van der Waals surface area contributed by atoms with Crippen molar-refractivity contribution in [3.05, 3.63) is 24.0 Å². The number of rotatable bonds is 3. The van der Waals surface area contributed by atoms with Crippen LogP contribution in [0, 0.1) is 5.82 Å². The van der Waals surface area contributed by atoms with Gasteiger partial charge in [0.15, 0.2) is 11.5 Å². The first-order valence-electron chi connectivity index (χ1n) is 8.04. The summed E-state index contributed by atoms with van der Waals surface area (Å²) < 4.78 is 24.8. The molecule has 1 N–H and O–H groups in total. The van der Waals surface area contributed by atoms with Gasteiger partial charge in [0.05, 0.1) is 0 Å². The number of hydrogen-bond donors (Lipinski definition) is 1. The fourth-order valence-electron chi connectivity index (χ4n) is 3.25. The van der Waals surface area contributed by atoms with E-state index in [2.05, 4.69) is 17.1 Å². The summed E-state index contributed by atoms with van der Waals surface area (Å²) in [6.45, 7) is 6.65. The number of carbonyl (C=O) groups excluding carboxylic acids is 1. The van der Waals surface area contributed by atoms with E-state index in [-0.39, 0.29) is 23.4 Å². The molecule has 1 fully saturated rings. The molecule has 126 valence electrons. The second-order valence-electron chi connectivity index (χ2n) is 6.68. The largest absolute Gasteiger partial charge is 0.486 e. The van der Waals surface area contributed by atoms with Crippen LogP contribution in [0.5, 0.6) is 11.5 Å². The van der Waals surface area contributed by atoms with Crippen molar-refractivity contribution in [2.75, 3.05) is 26.2 Å². The third kappa shape index (κ3) is 3.93. The molecule has 3 rings (SSSR count). The highest BCUT2D eigenvalue weighted by Crippen LogP contribution is 2.32. The number of piperidine rings is 1. The molecule has 2 heterocycles. The summed E-state index contributed by atoms with van der Waals surface area (Å²) in [5.41, 5.74) is -0.123. The standard InChI is InChI=1S/C17H23FN2O3/c1-12(21)19-17(2)5-7-20(8-6-17)10-14-11-22-15-4-3-13(18)9-16(15)23-14/h3-4,9,14H,5-8,10-11H2,1-2H3,(H,19,21). The Morgan fingerprint density at radius 3 is 2.83 bits per heavy atom. The molecule has 2 aliphatic rings. The van der Waals surface area contributed by atoms with Crippen LogP contribution in [0.25, 0.3) is 0 Å². The average Bonchev–Trinajstić information content (AvgIpc) is 2.48. The van der Waals surface area contributed by atoms with Crippen molar-refractivity contribution >= 4 is 5.91 Å². The highest BCUT2D eigenvalue weighted by atomic mass is 19.1. The number of halogens is 1. The van der Waals surface area contributed by atoms with E-state index in [4.69, 9.17) is 9.47 Å². The van der Waals surface area contributed by atoms with Crippen LogP contribution in [0.15, 0.2) is 18.2 Å². The van der Waals surface area contributed by atoms with Gasteiger partial charge in [-0.25, -0.2) is 4.39 Å². The minimum atomic E-state index is -0.322. The fourth-order valence-corrected chi connectivity index (χ4v) is 3.25. The number of likely N-dealkylation sites (tertiary alicyclic amines) is 1. The molecule has 2 aliphatic heterocycles. The number of nitrogens with zero attached hydrogens (tertiary/aromatic N) is 1. The molecule has 5 nitrogen and oxygen atoms in total. The van der Waals surface area contributed by atoms with E-state index in [0.29, 0.717) is 18.1 Å². The molecule has 1 saturated heterocycles. The van der Waals surface area contributed by atoms with Gasteiger partial charge in [-0.15, -0.1) is 0 Å². The second kappa shape index (κ2) is 6.35. The second-order valence-corrected chi connectivity index (χ2v) is 6.68. The number of amides is 1. The fraction of sp³-hybridized carbons (Fsp3) is 0.588. The molecule has 0 radical (unpaired) electrons. The zero-order valence-corrected chi connectivity index (χ0v) is 13.6. The summed E-state index contributed by atoms with van der Waals surface area (Å²) in [7, 11) is 0. The lowest BCUT2D eigenvalue weighted by molar-refractivity contribution is -0.121. The number of nitrogens with one attached hydrogen (secondary N) is 1. The monoisotopic (exact) mass is 322 g/mol. The Kier molecular flexibility index (Phi) is 4.43. The Morgan fingerprint density at radius 1 is 1.39 bits per heavy atom. The molecule has 1 unspecified atom stereocenters. The molecule has 0 saturated carbocycles. The van der Waals surface area contributed by atoms with E-state index in [1.54, 1.807) is 13.0 Å². The highest BCUT2D eigenvalue weighted by molar-refractivity contribution is 5.73. The summed E-state index contributed by atoms with van der Waals surface area (Å²) >= 11 is 0. The van der Waals surface area contributed by atoms with E-state index in [1.165, 1.54) is 12.1 Å². The maximum Gasteiger partial charge on any atom is 0.217 e. The van der Waals surface area contributed by atoms with E-state index < -0.39 is 0 Å². The lowest BCUT2D eigenvalue weighted by Crippen LogP contribution is -2.54. The van der Waals surface area contributed by atoms with E-state index in [1.807, 2.05) is 0 Å². The Bertz CT molecular complexity index is 585. The van der Waals surface area contributed by atoms with Gasteiger partial charge >= 0.3 is 0 Å². The van der Waals surface area contributed by atoms with Gasteiger partial charge in [0, 0.05) is 38.2 Å². The Labute approximate surface area is 135 Å². The van der Waals surface area contributed by atoms with Gasteiger partial charge in [-0.2, -0.15) is 0 Å². The van der Waals surface area contributed by atoms with Crippen LogP contribution in [-0.4, -0.2) is 48.7 Å². The topological polar surface area (TPSA) is 50.8 Å². The molecule has 23 heavy (non-hydrogen) atoms. The van der Waals surface area contributed by atoms with E-state index in [0.717, 1.165) is 32.5 Å². The first kappa shape index (κ1) is 16.1. The minimum Gasteiger partial charge on any atom is -0.486 e. The van der Waals surface area contributed by atoms with Crippen molar-refractivity contribution in [1.82, 2.24) is 10.2 Å². The van der Waals surface area contributed by atoms with Crippen LogP contribution >= 0.6 is 0 Å². The average molecular weight is 322 g/mol. The van der Waals surface area contributed by atoms with Gasteiger partial charge < -0.3 is 14.8 Å². The number of carbonyl (C=O) groups is 1. The van der Waals surface area contributed by atoms with Gasteiger partial charge in [0.1, 0.15) is 18.5 Å². The molecule has 1 atom stereocenters. The molecule has 0 spiro atoms. The first-order chi connectivity index (χ1) is 10.9. The predicted octanol–water partition coefficient (Wildman–Crippen LogP) is 1.96. The van der Waals surface area contributed by atoms with E-state index in [9.17, 15) is 9.18 Å². The Morgan fingerprint density at radius 2 is 2.13 bits per heavy atom. The molecule has 1 amide bonds. The van der Waals surface area contributed by atoms with Crippen molar-refractivity contribution in [2.24, 2.45) is 0 Å². The van der Waals surface area contributed by atoms with E-state index >= 15 is 0 Å². The molecular weight excluding hydrogens is 299 g/mol. The van der Waals surface area contributed by atoms with Crippen molar-refractivity contribution in [3.8, 4) is 11.5 Å². The van der Waals surface area contributed by atoms with Crippen LogP contribution in [-0.2, 0) is 4.79 Å². The first-order valence-corrected chi connectivity index (χ1v) is 8.04. The molecule has 0 aromatic heterocycles. The summed E-state index contributed by atoms with van der Waals surface area (Å²) in [6.07, 6.45) is 1.71. The minimum absolute atomic E-state index is 0.0172. The van der Waals surface area contributed by atoms with Gasteiger partial charge in [-0.3, -0.25) is 9.69 Å². The summed E-state index contributed by atoms with van der Waals surface area (Å²) in [5.74, 6) is 0.765. The summed E-state index contributed by atoms with van der Waals surface area (Å²) in [5, 5.41) is 3.04. The third-order valence-electron chi connectivity index (χ3n) is 4.52. The summed E-state index contributed by atoms with van der Waals surface area (Å²) in [6, 6.07) is 4.34. The van der Waals surface area contributed by atoms with Crippen molar-refractivity contribution in [3.63, 3.8) is 0 Å². The van der Waals surface area contributed by atoms with Crippen molar-refractivity contribution < 1.29 is 18.7 Å². The number of fused-ring (bicyclic) bond motifs is 1. The highest BCUT2D eigenvalue weighted by Gasteiger charge is 2.32. The van der Waals surface area contributed by atoms with Crippen LogP contribution in [0.2, 0.25) is 0 Å². The lowest BCUT2D eigenvalue weighted by Gasteiger charge is -2.41. The van der Waals surface area contributed by atoms with Crippen molar-refractivity contribution in [1.29, 1.82) is 0 Å². The molecule has 0 aliphatic carbocycles. The quantitative estimate of drug-likeness (QED) is 0.924. The third-order valence-corrected chi connectivity index (χ3v) is 4.52. The number of ether oxygens (including phenoxy) is 2. The van der Waals surface area contributed by atoms with Crippen LogP contribution < -0.4 is 14.8 Å². The number of hydrogen-bond acceptors (Lipinski definition) is 4. The SMILES string of the molecule is CC(=O)NC1(C)CCN(CC2COc3ccc(F)cc3O2)CC1. The zero-order valence-electron chi connectivity index (χ0n) is 13.6. The zero-order chi connectivity index (χ0) is 16.4. The molecule has 0 bridgehead atoms. The van der Waals surface area contributed by atoms with Gasteiger partial charge in [-0.1, -0.05) is 0 Å².